The molecule has 1 fully saturated rings. The topological polar surface area (TPSA) is 20.2 Å². The molecule has 1 saturated carbocycles. The van der Waals surface area contributed by atoms with Crippen LogP contribution in [0, 0.1) is 11.8 Å². The van der Waals surface area contributed by atoms with E-state index in [9.17, 15) is 5.11 Å². The minimum atomic E-state index is 0.0165. The minimum Gasteiger partial charge on any atom is -0.393 e. The lowest BCUT2D eigenvalue weighted by molar-refractivity contribution is 0.0638. The molecule has 0 aromatic rings. The Balaban J connectivity index is 2.04. The number of unbranched alkanes of at least 4 members (excludes halogenated alkanes) is 1. The molecule has 0 aliphatic heterocycles. The number of hydrogen-bond donors (Lipinski definition) is 1. The first-order valence-corrected chi connectivity index (χ1v) is 6.38. The van der Waals surface area contributed by atoms with Crippen molar-refractivity contribution < 1.29 is 5.11 Å². The van der Waals surface area contributed by atoms with Crippen molar-refractivity contribution in [2.75, 3.05) is 0 Å². The molecule has 0 aromatic carbocycles. The monoisotopic (exact) mass is 198 g/mol. The lowest BCUT2D eigenvalue weighted by Crippen LogP contribution is -2.24. The molecular formula is C13H26O. The largest absolute Gasteiger partial charge is 0.393 e. The second-order valence-electron chi connectivity index (χ2n) is 5.29. The van der Waals surface area contributed by atoms with Crippen molar-refractivity contribution in [1.29, 1.82) is 0 Å². The summed E-state index contributed by atoms with van der Waals surface area (Å²) in [6.45, 7) is 4.57. The van der Waals surface area contributed by atoms with Gasteiger partial charge in [0.15, 0.2) is 0 Å². The van der Waals surface area contributed by atoms with Crippen molar-refractivity contribution in [2.45, 2.75) is 71.3 Å². The maximum atomic E-state index is 9.78. The van der Waals surface area contributed by atoms with Crippen LogP contribution in [0.3, 0.4) is 0 Å². The van der Waals surface area contributed by atoms with Gasteiger partial charge in [-0.3, -0.25) is 0 Å². The van der Waals surface area contributed by atoms with E-state index in [-0.39, 0.29) is 6.10 Å². The standard InChI is InChI=1S/C13H26O/c1-11(2)7-3-4-8-12-9-5-6-10-13(12)14/h11-14H,3-10H2,1-2H3. The van der Waals surface area contributed by atoms with Crippen molar-refractivity contribution in [3.8, 4) is 0 Å². The third-order valence-corrected chi connectivity index (χ3v) is 3.48. The smallest absolute Gasteiger partial charge is 0.0568 e. The zero-order chi connectivity index (χ0) is 10.4. The summed E-state index contributed by atoms with van der Waals surface area (Å²) >= 11 is 0. The van der Waals surface area contributed by atoms with E-state index >= 15 is 0 Å². The van der Waals surface area contributed by atoms with Gasteiger partial charge in [-0.15, -0.1) is 0 Å². The van der Waals surface area contributed by atoms with Gasteiger partial charge in [0.2, 0.25) is 0 Å². The lowest BCUT2D eigenvalue weighted by Gasteiger charge is -2.27. The Labute approximate surface area is 88.9 Å². The molecule has 2 atom stereocenters. The SMILES string of the molecule is CC(C)CCCCC1CCCCC1O. The van der Waals surface area contributed by atoms with Gasteiger partial charge in [-0.05, 0) is 31.1 Å². The van der Waals surface area contributed by atoms with Gasteiger partial charge in [-0.1, -0.05) is 46.0 Å². The van der Waals surface area contributed by atoms with Gasteiger partial charge in [0, 0.05) is 0 Å². The quantitative estimate of drug-likeness (QED) is 0.667. The molecule has 0 heterocycles. The van der Waals surface area contributed by atoms with E-state index in [2.05, 4.69) is 13.8 Å². The Hall–Kier alpha value is -0.0400. The average Bonchev–Trinajstić information content (AvgIpc) is 2.15. The highest BCUT2D eigenvalue weighted by molar-refractivity contribution is 4.74. The highest BCUT2D eigenvalue weighted by Gasteiger charge is 2.21. The van der Waals surface area contributed by atoms with Gasteiger partial charge in [0.25, 0.3) is 0 Å². The van der Waals surface area contributed by atoms with E-state index in [1.165, 1.54) is 44.9 Å². The van der Waals surface area contributed by atoms with E-state index in [0.717, 1.165) is 12.3 Å². The number of hydrogen-bond acceptors (Lipinski definition) is 1. The van der Waals surface area contributed by atoms with Crippen LogP contribution in [0.15, 0.2) is 0 Å². The molecule has 1 aliphatic rings. The van der Waals surface area contributed by atoms with Crippen LogP contribution in [0.4, 0.5) is 0 Å². The molecule has 0 aromatic heterocycles. The Morgan fingerprint density at radius 1 is 1.14 bits per heavy atom. The fraction of sp³-hybridized carbons (Fsp3) is 1.00. The first-order valence-electron chi connectivity index (χ1n) is 6.38. The molecule has 0 amide bonds. The summed E-state index contributed by atoms with van der Waals surface area (Å²) in [5, 5.41) is 9.78. The predicted molar refractivity (Wildman–Crippen MR) is 61.3 cm³/mol. The first-order chi connectivity index (χ1) is 6.70. The second kappa shape index (κ2) is 6.44. The summed E-state index contributed by atoms with van der Waals surface area (Å²) in [7, 11) is 0. The zero-order valence-corrected chi connectivity index (χ0v) is 9.84. The maximum absolute atomic E-state index is 9.78. The molecule has 14 heavy (non-hydrogen) atoms. The molecule has 84 valence electrons. The molecule has 1 aliphatic carbocycles. The lowest BCUT2D eigenvalue weighted by atomic mass is 9.83. The fourth-order valence-corrected chi connectivity index (χ4v) is 2.48. The first kappa shape index (κ1) is 12.0. The summed E-state index contributed by atoms with van der Waals surface area (Å²) in [4.78, 5) is 0. The van der Waals surface area contributed by atoms with E-state index in [4.69, 9.17) is 0 Å². The van der Waals surface area contributed by atoms with Crippen molar-refractivity contribution in [2.24, 2.45) is 11.8 Å². The van der Waals surface area contributed by atoms with Gasteiger partial charge in [-0.2, -0.15) is 0 Å². The van der Waals surface area contributed by atoms with Crippen LogP contribution in [-0.2, 0) is 0 Å². The van der Waals surface area contributed by atoms with Gasteiger partial charge in [-0.25, -0.2) is 0 Å². The highest BCUT2D eigenvalue weighted by Crippen LogP contribution is 2.28. The predicted octanol–water partition coefficient (Wildman–Crippen LogP) is 3.75. The van der Waals surface area contributed by atoms with Gasteiger partial charge in [0.1, 0.15) is 0 Å². The van der Waals surface area contributed by atoms with Crippen molar-refractivity contribution in [1.82, 2.24) is 0 Å². The Morgan fingerprint density at radius 3 is 2.50 bits per heavy atom. The third kappa shape index (κ3) is 4.45. The van der Waals surface area contributed by atoms with Gasteiger partial charge in [0.05, 0.1) is 6.10 Å². The minimum absolute atomic E-state index is 0.0165. The highest BCUT2D eigenvalue weighted by atomic mass is 16.3. The summed E-state index contributed by atoms with van der Waals surface area (Å²) < 4.78 is 0. The number of aliphatic hydroxyl groups is 1. The van der Waals surface area contributed by atoms with Gasteiger partial charge >= 0.3 is 0 Å². The molecule has 0 bridgehead atoms. The number of rotatable bonds is 5. The fourth-order valence-electron chi connectivity index (χ4n) is 2.48. The molecule has 1 rings (SSSR count). The Kier molecular flexibility index (Phi) is 5.54. The summed E-state index contributed by atoms with van der Waals surface area (Å²) in [5.74, 6) is 1.46. The molecular weight excluding hydrogens is 172 g/mol. The van der Waals surface area contributed by atoms with Crippen LogP contribution in [0.25, 0.3) is 0 Å². The zero-order valence-electron chi connectivity index (χ0n) is 9.84. The van der Waals surface area contributed by atoms with Crippen LogP contribution in [0.1, 0.15) is 65.2 Å². The van der Waals surface area contributed by atoms with Crippen molar-refractivity contribution in [3.05, 3.63) is 0 Å². The van der Waals surface area contributed by atoms with E-state index in [1.54, 1.807) is 0 Å². The van der Waals surface area contributed by atoms with Crippen molar-refractivity contribution >= 4 is 0 Å². The maximum Gasteiger partial charge on any atom is 0.0568 e. The molecule has 1 heteroatoms. The Bertz CT molecular complexity index is 142. The molecule has 0 radical (unpaired) electrons. The van der Waals surface area contributed by atoms with E-state index in [1.807, 2.05) is 0 Å². The third-order valence-electron chi connectivity index (χ3n) is 3.48. The second-order valence-corrected chi connectivity index (χ2v) is 5.29. The molecule has 0 saturated heterocycles. The molecule has 1 N–H and O–H groups in total. The van der Waals surface area contributed by atoms with Crippen LogP contribution < -0.4 is 0 Å². The van der Waals surface area contributed by atoms with Crippen LogP contribution in [0.5, 0.6) is 0 Å². The van der Waals surface area contributed by atoms with Gasteiger partial charge < -0.3 is 5.11 Å². The normalized spacial score (nSPS) is 28.3. The molecule has 1 nitrogen and oxygen atoms in total. The van der Waals surface area contributed by atoms with Crippen LogP contribution in [0.2, 0.25) is 0 Å². The summed E-state index contributed by atoms with van der Waals surface area (Å²) in [6.07, 6.45) is 10.2. The van der Waals surface area contributed by atoms with Crippen LogP contribution >= 0.6 is 0 Å². The summed E-state index contributed by atoms with van der Waals surface area (Å²) in [6, 6.07) is 0. The Morgan fingerprint density at radius 2 is 1.86 bits per heavy atom. The van der Waals surface area contributed by atoms with E-state index < -0.39 is 0 Å². The average molecular weight is 198 g/mol. The number of aliphatic hydroxyl groups excluding tert-OH is 1. The van der Waals surface area contributed by atoms with E-state index in [0.29, 0.717) is 5.92 Å². The summed E-state index contributed by atoms with van der Waals surface area (Å²) in [5.41, 5.74) is 0. The van der Waals surface area contributed by atoms with Crippen molar-refractivity contribution in [3.63, 3.8) is 0 Å². The molecule has 2 unspecified atom stereocenters. The van der Waals surface area contributed by atoms with Crippen LogP contribution in [-0.4, -0.2) is 11.2 Å². The molecule has 0 spiro atoms.